The number of ether oxygens (including phenoxy) is 1. The van der Waals surface area contributed by atoms with Gasteiger partial charge >= 0.3 is 0 Å². The molecule has 5 heteroatoms. The van der Waals surface area contributed by atoms with Crippen molar-refractivity contribution in [2.75, 3.05) is 7.11 Å². The molecule has 0 spiro atoms. The van der Waals surface area contributed by atoms with Gasteiger partial charge in [0, 0.05) is 11.6 Å². The molecule has 1 N–H and O–H groups in total. The molecule has 0 fully saturated rings. The molecule has 1 heterocycles. The molecule has 1 atom stereocenters. The van der Waals surface area contributed by atoms with Gasteiger partial charge < -0.3 is 14.6 Å². The Balaban J connectivity index is 1.49. The Labute approximate surface area is 145 Å². The van der Waals surface area contributed by atoms with Crippen molar-refractivity contribution in [1.82, 2.24) is 10.5 Å². The van der Waals surface area contributed by atoms with Crippen LogP contribution in [0.25, 0.3) is 11.3 Å². The second-order valence-electron chi connectivity index (χ2n) is 6.07. The fourth-order valence-electron chi connectivity index (χ4n) is 3.21. The highest BCUT2D eigenvalue weighted by atomic mass is 16.5. The van der Waals surface area contributed by atoms with Crippen LogP contribution in [0.3, 0.4) is 0 Å². The lowest BCUT2D eigenvalue weighted by atomic mass is 10.1. The maximum absolute atomic E-state index is 12.5. The average molecular weight is 334 g/mol. The first-order chi connectivity index (χ1) is 12.2. The van der Waals surface area contributed by atoms with Gasteiger partial charge in [0.2, 0.25) is 0 Å². The molecule has 1 unspecified atom stereocenters. The summed E-state index contributed by atoms with van der Waals surface area (Å²) in [6, 6.07) is 17.3. The first kappa shape index (κ1) is 15.4. The predicted octanol–water partition coefficient (Wildman–Crippen LogP) is 3.77. The second-order valence-corrected chi connectivity index (χ2v) is 6.07. The van der Waals surface area contributed by atoms with Gasteiger partial charge in [-0.15, -0.1) is 0 Å². The van der Waals surface area contributed by atoms with Crippen LogP contribution in [0.2, 0.25) is 0 Å². The van der Waals surface area contributed by atoms with E-state index in [1.54, 1.807) is 13.2 Å². The first-order valence-electron chi connectivity index (χ1n) is 8.24. The van der Waals surface area contributed by atoms with Crippen LogP contribution in [-0.2, 0) is 6.42 Å². The summed E-state index contributed by atoms with van der Waals surface area (Å²) >= 11 is 0. The Hall–Kier alpha value is -3.08. The minimum absolute atomic E-state index is 0.0323. The smallest absolute Gasteiger partial charge is 0.273 e. The van der Waals surface area contributed by atoms with Gasteiger partial charge in [-0.3, -0.25) is 4.79 Å². The number of amides is 1. The van der Waals surface area contributed by atoms with E-state index < -0.39 is 0 Å². The van der Waals surface area contributed by atoms with E-state index in [4.69, 9.17) is 9.26 Å². The summed E-state index contributed by atoms with van der Waals surface area (Å²) in [7, 11) is 1.62. The van der Waals surface area contributed by atoms with Gasteiger partial charge in [-0.2, -0.15) is 0 Å². The SMILES string of the molecule is COc1ccc(-c2cc(C(=O)NC3CCc4ccccc43)no2)cc1. The van der Waals surface area contributed by atoms with E-state index in [1.807, 2.05) is 36.4 Å². The van der Waals surface area contributed by atoms with Crippen LogP contribution in [-0.4, -0.2) is 18.2 Å². The summed E-state index contributed by atoms with van der Waals surface area (Å²) in [5.41, 5.74) is 3.62. The summed E-state index contributed by atoms with van der Waals surface area (Å²) in [5.74, 6) is 1.10. The van der Waals surface area contributed by atoms with Crippen LogP contribution >= 0.6 is 0 Å². The summed E-state index contributed by atoms with van der Waals surface area (Å²) in [5, 5.41) is 6.97. The number of nitrogens with one attached hydrogen (secondary N) is 1. The normalized spacial score (nSPS) is 15.6. The van der Waals surface area contributed by atoms with Gasteiger partial charge in [-0.05, 0) is 48.2 Å². The molecule has 4 rings (SSSR count). The zero-order chi connectivity index (χ0) is 17.2. The van der Waals surface area contributed by atoms with Crippen LogP contribution in [0, 0.1) is 0 Å². The van der Waals surface area contributed by atoms with E-state index in [0.29, 0.717) is 5.76 Å². The number of carbonyl (C=O) groups excluding carboxylic acids is 1. The van der Waals surface area contributed by atoms with Gasteiger partial charge in [-0.1, -0.05) is 29.4 Å². The van der Waals surface area contributed by atoms with Crippen LogP contribution < -0.4 is 10.1 Å². The highest BCUT2D eigenvalue weighted by molar-refractivity contribution is 5.93. The summed E-state index contributed by atoms with van der Waals surface area (Å²) in [4.78, 5) is 12.5. The quantitative estimate of drug-likeness (QED) is 0.789. The molecule has 0 bridgehead atoms. The summed E-state index contributed by atoms with van der Waals surface area (Å²) in [6.07, 6.45) is 1.89. The van der Waals surface area contributed by atoms with Crippen molar-refractivity contribution in [1.29, 1.82) is 0 Å². The third kappa shape index (κ3) is 3.01. The predicted molar refractivity (Wildman–Crippen MR) is 93.5 cm³/mol. The Morgan fingerprint density at radius 3 is 2.80 bits per heavy atom. The number of benzene rings is 2. The molecule has 1 aliphatic rings. The molecule has 0 saturated carbocycles. The third-order valence-electron chi connectivity index (χ3n) is 4.56. The second kappa shape index (κ2) is 6.43. The number of hydrogen-bond donors (Lipinski definition) is 1. The van der Waals surface area contributed by atoms with Gasteiger partial charge in [0.1, 0.15) is 5.75 Å². The highest BCUT2D eigenvalue weighted by Crippen LogP contribution is 2.31. The van der Waals surface area contributed by atoms with Gasteiger partial charge in [0.05, 0.1) is 13.2 Å². The van der Waals surface area contributed by atoms with Crippen molar-refractivity contribution >= 4 is 5.91 Å². The zero-order valence-electron chi connectivity index (χ0n) is 13.9. The Morgan fingerprint density at radius 2 is 2.00 bits per heavy atom. The van der Waals surface area contributed by atoms with E-state index in [2.05, 4.69) is 22.6 Å². The monoisotopic (exact) mass is 334 g/mol. The Kier molecular flexibility index (Phi) is 3.98. The fraction of sp³-hybridized carbons (Fsp3) is 0.200. The largest absolute Gasteiger partial charge is 0.497 e. The van der Waals surface area contributed by atoms with Gasteiger partial charge in [0.25, 0.3) is 5.91 Å². The lowest BCUT2D eigenvalue weighted by Crippen LogP contribution is -2.27. The summed E-state index contributed by atoms with van der Waals surface area (Å²) < 4.78 is 10.5. The molecule has 1 aromatic heterocycles. The van der Waals surface area contributed by atoms with Crippen molar-refractivity contribution in [3.8, 4) is 17.1 Å². The molecule has 0 aliphatic heterocycles. The number of fused-ring (bicyclic) bond motifs is 1. The van der Waals surface area contributed by atoms with Crippen LogP contribution in [0.15, 0.2) is 59.1 Å². The molecule has 25 heavy (non-hydrogen) atoms. The van der Waals surface area contributed by atoms with E-state index in [-0.39, 0.29) is 17.6 Å². The van der Waals surface area contributed by atoms with E-state index >= 15 is 0 Å². The van der Waals surface area contributed by atoms with Crippen LogP contribution in [0.4, 0.5) is 0 Å². The maximum atomic E-state index is 12.5. The number of methoxy groups -OCH3 is 1. The molecule has 0 saturated heterocycles. The zero-order valence-corrected chi connectivity index (χ0v) is 13.9. The molecule has 3 aromatic rings. The average Bonchev–Trinajstić information content (AvgIpc) is 3.30. The molecule has 5 nitrogen and oxygen atoms in total. The highest BCUT2D eigenvalue weighted by Gasteiger charge is 2.25. The van der Waals surface area contributed by atoms with E-state index in [0.717, 1.165) is 24.2 Å². The first-order valence-corrected chi connectivity index (χ1v) is 8.24. The van der Waals surface area contributed by atoms with Crippen molar-refractivity contribution in [3.05, 3.63) is 71.4 Å². The number of nitrogens with zero attached hydrogens (tertiary/aromatic N) is 1. The molecule has 1 aliphatic carbocycles. The number of rotatable bonds is 4. The summed E-state index contributed by atoms with van der Waals surface area (Å²) in [6.45, 7) is 0. The molecular formula is C20H18N2O3. The number of hydrogen-bond acceptors (Lipinski definition) is 4. The number of aryl methyl sites for hydroxylation is 1. The minimum atomic E-state index is -0.217. The Bertz CT molecular complexity index is 899. The maximum Gasteiger partial charge on any atom is 0.273 e. The van der Waals surface area contributed by atoms with E-state index in [9.17, 15) is 4.79 Å². The van der Waals surface area contributed by atoms with Crippen molar-refractivity contribution in [2.45, 2.75) is 18.9 Å². The van der Waals surface area contributed by atoms with Gasteiger partial charge in [0.15, 0.2) is 11.5 Å². The topological polar surface area (TPSA) is 64.4 Å². The van der Waals surface area contributed by atoms with Gasteiger partial charge in [-0.25, -0.2) is 0 Å². The number of carbonyl (C=O) groups is 1. The number of aromatic nitrogens is 1. The lowest BCUT2D eigenvalue weighted by molar-refractivity contribution is 0.0927. The molecule has 1 amide bonds. The van der Waals surface area contributed by atoms with Crippen LogP contribution in [0.1, 0.15) is 34.1 Å². The molecule has 0 radical (unpaired) electrons. The standard InChI is InChI=1S/C20H18N2O3/c1-24-15-9-6-14(7-10-15)19-12-18(22-25-19)20(23)21-17-11-8-13-4-2-3-5-16(13)17/h2-7,9-10,12,17H,8,11H2,1H3,(H,21,23). The third-order valence-corrected chi connectivity index (χ3v) is 4.56. The van der Waals surface area contributed by atoms with Crippen LogP contribution in [0.5, 0.6) is 5.75 Å². The lowest BCUT2D eigenvalue weighted by Gasteiger charge is -2.12. The minimum Gasteiger partial charge on any atom is -0.497 e. The van der Waals surface area contributed by atoms with E-state index in [1.165, 1.54) is 11.1 Å². The van der Waals surface area contributed by atoms with Crippen molar-refractivity contribution in [2.24, 2.45) is 0 Å². The molecule has 2 aromatic carbocycles. The Morgan fingerprint density at radius 1 is 1.20 bits per heavy atom. The fourth-order valence-corrected chi connectivity index (χ4v) is 3.21. The van der Waals surface area contributed by atoms with Crippen molar-refractivity contribution < 1.29 is 14.1 Å². The molecular weight excluding hydrogens is 316 g/mol. The molecule has 126 valence electrons. The van der Waals surface area contributed by atoms with Crippen molar-refractivity contribution in [3.63, 3.8) is 0 Å².